The van der Waals surface area contributed by atoms with Crippen molar-refractivity contribution in [2.45, 2.75) is 0 Å². The van der Waals surface area contributed by atoms with Gasteiger partial charge in [0.05, 0.1) is 10.9 Å². The summed E-state index contributed by atoms with van der Waals surface area (Å²) in [5.74, 6) is 0.139. The number of carbonyl (C=O) groups is 1. The maximum Gasteiger partial charge on any atom is 0.262 e. The van der Waals surface area contributed by atoms with Crippen molar-refractivity contribution in [3.8, 4) is 16.9 Å². The molecule has 1 amide bonds. The summed E-state index contributed by atoms with van der Waals surface area (Å²) in [5, 5.41) is 3.16. The molecule has 0 spiro atoms. The summed E-state index contributed by atoms with van der Waals surface area (Å²) in [5.41, 5.74) is 2.22. The third-order valence-corrected chi connectivity index (χ3v) is 4.16. The third-order valence-electron chi connectivity index (χ3n) is 4.16. The molecule has 0 radical (unpaired) electrons. The number of carbonyl (C=O) groups excluding carboxylic acids is 1. The van der Waals surface area contributed by atoms with Gasteiger partial charge in [-0.05, 0) is 29.8 Å². The van der Waals surface area contributed by atoms with Crippen LogP contribution in [-0.2, 0) is 4.79 Å². The standard InChI is InChI=1S/C22H16N2O4/c25-21(24-16-8-10-23-11-9-16)14-27-17-6-7-18-20(12-17)28-13-19(22(18)26)15-4-2-1-3-5-15/h1-13H,14H2,(H,23,24,25). The maximum absolute atomic E-state index is 12.7. The quantitative estimate of drug-likeness (QED) is 0.575. The zero-order chi connectivity index (χ0) is 19.3. The van der Waals surface area contributed by atoms with Crippen molar-refractivity contribution in [1.82, 2.24) is 4.98 Å². The SMILES string of the molecule is O=C(COc1ccc2c(=O)c(-c3ccccc3)coc2c1)Nc1ccncc1. The van der Waals surface area contributed by atoms with Gasteiger partial charge in [0.1, 0.15) is 17.6 Å². The van der Waals surface area contributed by atoms with Gasteiger partial charge in [0.25, 0.3) is 5.91 Å². The number of fused-ring (bicyclic) bond motifs is 1. The van der Waals surface area contributed by atoms with Crippen LogP contribution in [0, 0.1) is 0 Å². The number of pyridine rings is 1. The molecular formula is C22H16N2O4. The smallest absolute Gasteiger partial charge is 0.262 e. The van der Waals surface area contributed by atoms with Crippen LogP contribution in [0.5, 0.6) is 5.75 Å². The Bertz CT molecular complexity index is 1170. The summed E-state index contributed by atoms with van der Waals surface area (Å²) in [4.78, 5) is 28.6. The molecule has 0 fully saturated rings. The summed E-state index contributed by atoms with van der Waals surface area (Å²) in [6, 6.07) is 17.6. The number of anilines is 1. The highest BCUT2D eigenvalue weighted by molar-refractivity contribution is 5.91. The molecule has 28 heavy (non-hydrogen) atoms. The lowest BCUT2D eigenvalue weighted by Crippen LogP contribution is -2.20. The molecule has 0 aliphatic heterocycles. The number of hydrogen-bond acceptors (Lipinski definition) is 5. The molecule has 0 aliphatic rings. The Kier molecular flexibility index (Phi) is 4.84. The molecule has 0 atom stereocenters. The van der Waals surface area contributed by atoms with Gasteiger partial charge in [-0.25, -0.2) is 0 Å². The highest BCUT2D eigenvalue weighted by Crippen LogP contribution is 2.23. The fourth-order valence-electron chi connectivity index (χ4n) is 2.80. The number of ether oxygens (including phenoxy) is 1. The molecule has 0 unspecified atom stereocenters. The lowest BCUT2D eigenvalue weighted by Gasteiger charge is -2.08. The molecule has 0 saturated heterocycles. The van der Waals surface area contributed by atoms with Crippen molar-refractivity contribution in [1.29, 1.82) is 0 Å². The molecule has 2 heterocycles. The predicted octanol–water partition coefficient (Wildman–Crippen LogP) is 3.87. The molecule has 0 bridgehead atoms. The average Bonchev–Trinajstić information content (AvgIpc) is 2.74. The third kappa shape index (κ3) is 3.76. The van der Waals surface area contributed by atoms with Crippen LogP contribution in [0.3, 0.4) is 0 Å². The van der Waals surface area contributed by atoms with Crippen molar-refractivity contribution in [3.05, 3.63) is 89.5 Å². The first kappa shape index (κ1) is 17.5. The first-order chi connectivity index (χ1) is 13.7. The second-order valence-electron chi connectivity index (χ2n) is 6.08. The van der Waals surface area contributed by atoms with Crippen LogP contribution in [0.25, 0.3) is 22.1 Å². The first-order valence-electron chi connectivity index (χ1n) is 8.64. The first-order valence-corrected chi connectivity index (χ1v) is 8.64. The Hall–Kier alpha value is -3.93. The molecular weight excluding hydrogens is 356 g/mol. The van der Waals surface area contributed by atoms with Crippen molar-refractivity contribution in [2.24, 2.45) is 0 Å². The van der Waals surface area contributed by atoms with Crippen molar-refractivity contribution in [3.63, 3.8) is 0 Å². The van der Waals surface area contributed by atoms with E-state index in [1.54, 1.807) is 42.7 Å². The van der Waals surface area contributed by atoms with Crippen LogP contribution >= 0.6 is 0 Å². The predicted molar refractivity (Wildman–Crippen MR) is 106 cm³/mol. The Morgan fingerprint density at radius 2 is 1.82 bits per heavy atom. The molecule has 138 valence electrons. The molecule has 6 nitrogen and oxygen atoms in total. The van der Waals surface area contributed by atoms with Crippen LogP contribution in [0.2, 0.25) is 0 Å². The minimum absolute atomic E-state index is 0.116. The van der Waals surface area contributed by atoms with Crippen LogP contribution in [0.4, 0.5) is 5.69 Å². The number of hydrogen-bond donors (Lipinski definition) is 1. The molecule has 1 N–H and O–H groups in total. The van der Waals surface area contributed by atoms with E-state index in [1.807, 2.05) is 30.3 Å². The van der Waals surface area contributed by atoms with Gasteiger partial charge >= 0.3 is 0 Å². The van der Waals surface area contributed by atoms with E-state index in [4.69, 9.17) is 9.15 Å². The summed E-state index contributed by atoms with van der Waals surface area (Å²) in [7, 11) is 0. The van der Waals surface area contributed by atoms with E-state index in [1.165, 1.54) is 6.26 Å². The lowest BCUT2D eigenvalue weighted by molar-refractivity contribution is -0.118. The van der Waals surface area contributed by atoms with E-state index in [0.717, 1.165) is 5.56 Å². The Balaban J connectivity index is 1.51. The fraction of sp³-hybridized carbons (Fsp3) is 0.0455. The molecule has 2 aromatic carbocycles. The molecule has 2 aromatic heterocycles. The van der Waals surface area contributed by atoms with Crippen LogP contribution in [-0.4, -0.2) is 17.5 Å². The lowest BCUT2D eigenvalue weighted by atomic mass is 10.1. The summed E-state index contributed by atoms with van der Waals surface area (Å²) in [6.45, 7) is -0.167. The second kappa shape index (κ2) is 7.75. The number of amides is 1. The van der Waals surface area contributed by atoms with Gasteiger partial charge in [-0.3, -0.25) is 14.6 Å². The van der Waals surface area contributed by atoms with E-state index >= 15 is 0 Å². The van der Waals surface area contributed by atoms with Crippen molar-refractivity contribution >= 4 is 22.6 Å². The fourth-order valence-corrected chi connectivity index (χ4v) is 2.80. The molecule has 0 saturated carbocycles. The molecule has 0 aliphatic carbocycles. The number of aromatic nitrogens is 1. The summed E-state index contributed by atoms with van der Waals surface area (Å²) >= 11 is 0. The van der Waals surface area contributed by atoms with Crippen molar-refractivity contribution in [2.75, 3.05) is 11.9 Å². The van der Waals surface area contributed by atoms with E-state index in [9.17, 15) is 9.59 Å². The summed E-state index contributed by atoms with van der Waals surface area (Å²) in [6.07, 6.45) is 4.62. The zero-order valence-corrected chi connectivity index (χ0v) is 14.8. The minimum Gasteiger partial charge on any atom is -0.484 e. The zero-order valence-electron chi connectivity index (χ0n) is 14.8. The van der Waals surface area contributed by atoms with Gasteiger partial charge < -0.3 is 14.5 Å². The number of rotatable bonds is 5. The Morgan fingerprint density at radius 3 is 2.61 bits per heavy atom. The Labute approximate surface area is 160 Å². The maximum atomic E-state index is 12.7. The van der Waals surface area contributed by atoms with Gasteiger partial charge in [-0.2, -0.15) is 0 Å². The highest BCUT2D eigenvalue weighted by Gasteiger charge is 2.10. The van der Waals surface area contributed by atoms with E-state index in [0.29, 0.717) is 28.0 Å². The highest BCUT2D eigenvalue weighted by atomic mass is 16.5. The van der Waals surface area contributed by atoms with Gasteiger partial charge in [0.2, 0.25) is 0 Å². The van der Waals surface area contributed by atoms with Gasteiger partial charge in [-0.1, -0.05) is 30.3 Å². The largest absolute Gasteiger partial charge is 0.484 e. The van der Waals surface area contributed by atoms with Crippen molar-refractivity contribution < 1.29 is 13.9 Å². The topological polar surface area (TPSA) is 81.4 Å². The average molecular weight is 372 g/mol. The summed E-state index contributed by atoms with van der Waals surface area (Å²) < 4.78 is 11.1. The monoisotopic (exact) mass is 372 g/mol. The van der Waals surface area contributed by atoms with Crippen LogP contribution in [0.15, 0.2) is 88.5 Å². The normalized spacial score (nSPS) is 10.6. The van der Waals surface area contributed by atoms with Gasteiger partial charge in [0.15, 0.2) is 12.0 Å². The van der Waals surface area contributed by atoms with Crippen LogP contribution in [0.1, 0.15) is 0 Å². The van der Waals surface area contributed by atoms with Crippen LogP contribution < -0.4 is 15.5 Å². The second-order valence-corrected chi connectivity index (χ2v) is 6.08. The van der Waals surface area contributed by atoms with E-state index in [2.05, 4.69) is 10.3 Å². The Morgan fingerprint density at radius 1 is 1.04 bits per heavy atom. The minimum atomic E-state index is -0.299. The van der Waals surface area contributed by atoms with Gasteiger partial charge in [-0.15, -0.1) is 0 Å². The number of nitrogens with one attached hydrogen (secondary N) is 1. The van der Waals surface area contributed by atoms with E-state index < -0.39 is 0 Å². The van der Waals surface area contributed by atoms with E-state index in [-0.39, 0.29) is 17.9 Å². The molecule has 4 rings (SSSR count). The number of nitrogens with zero attached hydrogens (tertiary/aromatic N) is 1. The molecule has 4 aromatic rings. The van der Waals surface area contributed by atoms with Gasteiger partial charge in [0, 0.05) is 24.1 Å². The molecule has 6 heteroatoms. The number of benzene rings is 2.